The van der Waals surface area contributed by atoms with Crippen molar-refractivity contribution in [1.29, 1.82) is 0 Å². The van der Waals surface area contributed by atoms with E-state index in [9.17, 15) is 14.9 Å². The van der Waals surface area contributed by atoms with Crippen molar-refractivity contribution in [3.8, 4) is 11.4 Å². The summed E-state index contributed by atoms with van der Waals surface area (Å²) >= 11 is 0. The van der Waals surface area contributed by atoms with Crippen LogP contribution in [-0.4, -0.2) is 21.6 Å². The number of hydrogen-bond acceptors (Lipinski definition) is 4. The maximum Gasteiger partial charge on any atom is 0.348 e. The molecule has 7 nitrogen and oxygen atoms in total. The minimum Gasteiger partial charge on any atom is -1.00 e. The normalized spacial score (nSPS) is 20.2. The minimum absolute atomic E-state index is 0. The topological polar surface area (TPSA) is 78.2 Å². The highest BCUT2D eigenvalue weighted by atomic mass is 127. The SMILES string of the molecule is CC(C)[C@@H]1CC[C@@H](C)CC1OC(=O)Cn1c(-c2ccccc2[N+](=O)[O-])[n+](C)c2ccccc21.[I-]. The second kappa shape index (κ2) is 10.8. The zero-order valence-electron chi connectivity index (χ0n) is 20.1. The van der Waals surface area contributed by atoms with Crippen LogP contribution in [0.1, 0.15) is 40.0 Å². The van der Waals surface area contributed by atoms with Crippen molar-refractivity contribution in [2.24, 2.45) is 24.8 Å². The van der Waals surface area contributed by atoms with Crippen molar-refractivity contribution < 1.29 is 43.0 Å². The molecule has 3 aromatic rings. The van der Waals surface area contributed by atoms with Crippen LogP contribution in [-0.2, 0) is 23.1 Å². The molecule has 4 rings (SSSR count). The van der Waals surface area contributed by atoms with Gasteiger partial charge in [0, 0.05) is 6.07 Å². The molecule has 0 radical (unpaired) electrons. The number of benzene rings is 2. The number of nitro benzene ring substituents is 1. The molecular formula is C26H32IN3O4. The Morgan fingerprint density at radius 3 is 2.56 bits per heavy atom. The molecule has 34 heavy (non-hydrogen) atoms. The number of carbonyl (C=O) groups is 1. The molecule has 0 amide bonds. The lowest BCUT2D eigenvalue weighted by atomic mass is 9.75. The maximum absolute atomic E-state index is 13.2. The summed E-state index contributed by atoms with van der Waals surface area (Å²) in [4.78, 5) is 24.6. The van der Waals surface area contributed by atoms with Crippen molar-refractivity contribution in [3.63, 3.8) is 0 Å². The van der Waals surface area contributed by atoms with Crippen LogP contribution in [0, 0.1) is 27.9 Å². The van der Waals surface area contributed by atoms with E-state index in [1.807, 2.05) is 40.4 Å². The van der Waals surface area contributed by atoms with Crippen LogP contribution in [0.15, 0.2) is 48.5 Å². The molecule has 1 heterocycles. The zero-order chi connectivity index (χ0) is 23.7. The van der Waals surface area contributed by atoms with E-state index < -0.39 is 0 Å². The van der Waals surface area contributed by atoms with Gasteiger partial charge in [-0.2, -0.15) is 0 Å². The summed E-state index contributed by atoms with van der Waals surface area (Å²) < 4.78 is 9.81. The molecule has 1 aromatic heterocycles. The van der Waals surface area contributed by atoms with Gasteiger partial charge in [0.05, 0.1) is 12.0 Å². The number of hydrogen-bond donors (Lipinski definition) is 0. The van der Waals surface area contributed by atoms with E-state index in [0.717, 1.165) is 30.3 Å². The summed E-state index contributed by atoms with van der Waals surface area (Å²) in [7, 11) is 1.87. The van der Waals surface area contributed by atoms with Crippen molar-refractivity contribution in [3.05, 3.63) is 58.6 Å². The van der Waals surface area contributed by atoms with Gasteiger partial charge in [-0.05, 0) is 48.8 Å². The van der Waals surface area contributed by atoms with Gasteiger partial charge < -0.3 is 28.7 Å². The number of nitro groups is 1. The fraction of sp³-hybridized carbons (Fsp3) is 0.462. The van der Waals surface area contributed by atoms with Crippen LogP contribution in [0.3, 0.4) is 0 Å². The zero-order valence-corrected chi connectivity index (χ0v) is 22.3. The molecule has 1 fully saturated rings. The highest BCUT2D eigenvalue weighted by molar-refractivity contribution is 5.81. The van der Waals surface area contributed by atoms with E-state index >= 15 is 0 Å². The Balaban J connectivity index is 0.00000324. The first kappa shape index (κ1) is 26.1. The molecule has 182 valence electrons. The van der Waals surface area contributed by atoms with Crippen molar-refractivity contribution >= 4 is 22.7 Å². The Hall–Kier alpha value is -2.49. The first-order valence-electron chi connectivity index (χ1n) is 11.7. The first-order valence-corrected chi connectivity index (χ1v) is 11.7. The monoisotopic (exact) mass is 577 g/mol. The quantitative estimate of drug-likeness (QED) is 0.148. The largest absolute Gasteiger partial charge is 1.00 e. The van der Waals surface area contributed by atoms with E-state index in [1.165, 1.54) is 6.07 Å². The average Bonchev–Trinajstić information content (AvgIpc) is 3.05. The molecule has 0 spiro atoms. The van der Waals surface area contributed by atoms with Gasteiger partial charge in [-0.15, -0.1) is 0 Å². The Morgan fingerprint density at radius 1 is 1.18 bits per heavy atom. The molecule has 1 aliphatic rings. The number of aryl methyl sites for hydroxylation is 1. The number of rotatable bonds is 6. The highest BCUT2D eigenvalue weighted by Crippen LogP contribution is 2.36. The predicted molar refractivity (Wildman–Crippen MR) is 126 cm³/mol. The molecule has 8 heteroatoms. The van der Waals surface area contributed by atoms with Crippen LogP contribution in [0.25, 0.3) is 22.4 Å². The van der Waals surface area contributed by atoms with Crippen LogP contribution in [0.4, 0.5) is 5.69 Å². The standard InChI is InChI=1S/C26H32N3O4.HI/c1-17(2)19-14-13-18(3)15-24(19)33-25(30)16-28-23-12-8-7-11-22(23)27(4)26(28)20-9-5-6-10-21(20)29(31)32;/h5-12,17-19,24H,13-16H2,1-4H3;1H/q+1;/p-1/t18-,19+,24?;/m1./s1. The number of carbonyl (C=O) groups excluding carboxylic acids is 1. The van der Waals surface area contributed by atoms with Gasteiger partial charge in [0.25, 0.3) is 11.5 Å². The number of ether oxygens (including phenoxy) is 1. The number of nitrogens with zero attached hydrogens (tertiary/aromatic N) is 3. The lowest BCUT2D eigenvalue weighted by molar-refractivity contribution is -0.634. The molecule has 1 aliphatic carbocycles. The van der Waals surface area contributed by atoms with E-state index in [2.05, 4.69) is 20.8 Å². The fourth-order valence-corrected chi connectivity index (χ4v) is 5.28. The lowest BCUT2D eigenvalue weighted by Crippen LogP contribution is -3.00. The minimum atomic E-state index is -0.383. The van der Waals surface area contributed by atoms with Crippen molar-refractivity contribution in [2.75, 3.05) is 0 Å². The number of para-hydroxylation sites is 3. The molecular weight excluding hydrogens is 545 g/mol. The number of fused-ring (bicyclic) bond motifs is 1. The van der Waals surface area contributed by atoms with Crippen LogP contribution < -0.4 is 28.5 Å². The molecule has 2 aromatic carbocycles. The molecule has 0 aliphatic heterocycles. The second-order valence-electron chi connectivity index (χ2n) is 9.59. The number of esters is 1. The van der Waals surface area contributed by atoms with Gasteiger partial charge >= 0.3 is 5.97 Å². The third-order valence-electron chi connectivity index (χ3n) is 6.98. The van der Waals surface area contributed by atoms with Crippen molar-refractivity contribution in [1.82, 2.24) is 4.57 Å². The van der Waals surface area contributed by atoms with E-state index in [4.69, 9.17) is 4.74 Å². The molecule has 0 bridgehead atoms. The Morgan fingerprint density at radius 2 is 1.85 bits per heavy atom. The van der Waals surface area contributed by atoms with Gasteiger partial charge in [-0.25, -0.2) is 13.9 Å². The molecule has 1 saturated carbocycles. The summed E-state index contributed by atoms with van der Waals surface area (Å²) in [5.41, 5.74) is 2.21. The summed E-state index contributed by atoms with van der Waals surface area (Å²) in [6, 6.07) is 14.4. The van der Waals surface area contributed by atoms with Gasteiger partial charge in [-0.1, -0.05) is 51.5 Å². The fourth-order valence-electron chi connectivity index (χ4n) is 5.28. The molecule has 3 atom stereocenters. The summed E-state index contributed by atoms with van der Waals surface area (Å²) in [5.74, 6) is 1.64. The van der Waals surface area contributed by atoms with Gasteiger partial charge in [-0.3, -0.25) is 10.1 Å². The third kappa shape index (κ3) is 5.11. The highest BCUT2D eigenvalue weighted by Gasteiger charge is 2.35. The molecule has 1 unspecified atom stereocenters. The summed E-state index contributed by atoms with van der Waals surface area (Å²) in [5, 5.41) is 11.7. The molecule has 0 saturated heterocycles. The smallest absolute Gasteiger partial charge is 0.348 e. The van der Waals surface area contributed by atoms with Gasteiger partial charge in [0.2, 0.25) is 0 Å². The Labute approximate surface area is 217 Å². The third-order valence-corrected chi connectivity index (χ3v) is 6.98. The van der Waals surface area contributed by atoms with E-state index in [1.54, 1.807) is 18.2 Å². The van der Waals surface area contributed by atoms with Crippen LogP contribution >= 0.6 is 0 Å². The Kier molecular flexibility index (Phi) is 8.33. The summed E-state index contributed by atoms with van der Waals surface area (Å²) in [6.45, 7) is 6.59. The van der Waals surface area contributed by atoms with Crippen molar-refractivity contribution in [2.45, 2.75) is 52.7 Å². The van der Waals surface area contributed by atoms with Gasteiger partial charge in [0.1, 0.15) is 11.7 Å². The number of halogens is 1. The van der Waals surface area contributed by atoms with E-state index in [0.29, 0.717) is 29.1 Å². The number of aromatic nitrogens is 2. The van der Waals surface area contributed by atoms with Crippen LogP contribution in [0.2, 0.25) is 0 Å². The predicted octanol–water partition coefficient (Wildman–Crippen LogP) is 2.05. The average molecular weight is 577 g/mol. The van der Waals surface area contributed by atoms with Crippen LogP contribution in [0.5, 0.6) is 0 Å². The second-order valence-corrected chi connectivity index (χ2v) is 9.59. The molecule has 0 N–H and O–H groups in total. The first-order chi connectivity index (χ1) is 15.8. The van der Waals surface area contributed by atoms with E-state index in [-0.39, 0.29) is 53.2 Å². The Bertz CT molecular complexity index is 1190. The lowest BCUT2D eigenvalue weighted by Gasteiger charge is -2.36. The maximum atomic E-state index is 13.2. The number of imidazole rings is 1. The summed E-state index contributed by atoms with van der Waals surface area (Å²) in [6.07, 6.45) is 3.02. The van der Waals surface area contributed by atoms with Gasteiger partial charge in [0.15, 0.2) is 17.6 Å².